The van der Waals surface area contributed by atoms with Gasteiger partial charge in [-0.25, -0.2) is 9.78 Å². The Bertz CT molecular complexity index is 643. The molecule has 4 nitrogen and oxygen atoms in total. The molecule has 1 aromatic heterocycles. The van der Waals surface area contributed by atoms with Crippen LogP contribution in [0.3, 0.4) is 0 Å². The van der Waals surface area contributed by atoms with E-state index < -0.39 is 5.97 Å². The molecule has 20 heavy (non-hydrogen) atoms. The number of ether oxygens (including phenoxy) is 1. The van der Waals surface area contributed by atoms with E-state index in [1.165, 1.54) is 18.3 Å². The Balaban J connectivity index is 1.96. The van der Waals surface area contributed by atoms with Crippen molar-refractivity contribution in [3.8, 4) is 0 Å². The molecular weight excluding hydrogens is 346 g/mol. The molecule has 0 bridgehead atoms. The predicted molar refractivity (Wildman–Crippen MR) is 78.0 cm³/mol. The quantitative estimate of drug-likeness (QED) is 0.479. The average molecular weight is 355 g/mol. The maximum atomic E-state index is 11.8. The fraction of sp³-hybridized carbons (Fsp3) is 0.0714. The molecule has 102 valence electrons. The minimum absolute atomic E-state index is 0.193. The third-order valence-electron chi connectivity index (χ3n) is 2.46. The molecule has 2 rings (SSSR count). The summed E-state index contributed by atoms with van der Waals surface area (Å²) in [7, 11) is 0. The van der Waals surface area contributed by atoms with Gasteiger partial charge in [-0.1, -0.05) is 39.7 Å². The number of carbonyl (C=O) groups is 2. The van der Waals surface area contributed by atoms with Crippen LogP contribution in [0.4, 0.5) is 0 Å². The van der Waals surface area contributed by atoms with Crippen molar-refractivity contribution in [3.05, 3.63) is 63.3 Å². The van der Waals surface area contributed by atoms with E-state index in [9.17, 15) is 9.59 Å². The van der Waals surface area contributed by atoms with Crippen molar-refractivity contribution < 1.29 is 14.3 Å². The molecule has 0 fully saturated rings. The molecule has 0 atom stereocenters. The summed E-state index contributed by atoms with van der Waals surface area (Å²) in [6, 6.07) is 9.66. The first kappa shape index (κ1) is 14.7. The minimum atomic E-state index is -0.611. The topological polar surface area (TPSA) is 56.3 Å². The number of hydrogen-bond donors (Lipinski definition) is 0. The number of pyridine rings is 1. The maximum absolute atomic E-state index is 11.8. The highest BCUT2D eigenvalue weighted by Crippen LogP contribution is 2.12. The number of carbonyl (C=O) groups excluding carboxylic acids is 2. The lowest BCUT2D eigenvalue weighted by Crippen LogP contribution is -2.14. The van der Waals surface area contributed by atoms with Crippen molar-refractivity contribution in [2.24, 2.45) is 0 Å². The molecule has 6 heteroatoms. The minimum Gasteiger partial charge on any atom is -0.454 e. The van der Waals surface area contributed by atoms with Gasteiger partial charge in [0.25, 0.3) is 0 Å². The van der Waals surface area contributed by atoms with E-state index in [1.807, 2.05) is 0 Å². The van der Waals surface area contributed by atoms with Gasteiger partial charge in [-0.3, -0.25) is 4.79 Å². The van der Waals surface area contributed by atoms with E-state index in [-0.39, 0.29) is 23.1 Å². The highest BCUT2D eigenvalue weighted by atomic mass is 79.9. The highest BCUT2D eigenvalue weighted by molar-refractivity contribution is 9.10. The first-order chi connectivity index (χ1) is 9.56. The standard InChI is InChI=1S/C14H9BrClNO3/c15-11-3-1-9(2-4-11)12(18)8-20-14(19)10-5-6-17-13(16)7-10/h1-7H,8H2. The smallest absolute Gasteiger partial charge is 0.338 e. The summed E-state index contributed by atoms with van der Waals surface area (Å²) < 4.78 is 5.82. The fourth-order valence-corrected chi connectivity index (χ4v) is 1.90. The summed E-state index contributed by atoms with van der Waals surface area (Å²) in [4.78, 5) is 27.3. The molecule has 0 saturated carbocycles. The number of halogens is 2. The number of nitrogens with zero attached hydrogens (tertiary/aromatic N) is 1. The highest BCUT2D eigenvalue weighted by Gasteiger charge is 2.12. The molecule has 2 aromatic rings. The van der Waals surface area contributed by atoms with E-state index in [2.05, 4.69) is 20.9 Å². The number of Topliss-reactive ketones (excluding diaryl/α,β-unsaturated/α-hetero) is 1. The van der Waals surface area contributed by atoms with Gasteiger partial charge in [0.05, 0.1) is 5.56 Å². The van der Waals surface area contributed by atoms with Gasteiger partial charge in [0.2, 0.25) is 0 Å². The van der Waals surface area contributed by atoms with Crippen LogP contribution in [0.25, 0.3) is 0 Å². The van der Waals surface area contributed by atoms with Gasteiger partial charge in [-0.05, 0) is 24.3 Å². The molecular formula is C14H9BrClNO3. The van der Waals surface area contributed by atoms with Crippen LogP contribution in [0.15, 0.2) is 47.1 Å². The molecule has 0 aliphatic rings. The Morgan fingerprint density at radius 1 is 1.15 bits per heavy atom. The molecule has 1 heterocycles. The zero-order chi connectivity index (χ0) is 14.5. The maximum Gasteiger partial charge on any atom is 0.338 e. The van der Waals surface area contributed by atoms with E-state index in [1.54, 1.807) is 24.3 Å². The van der Waals surface area contributed by atoms with Crippen LogP contribution in [-0.4, -0.2) is 23.3 Å². The summed E-state index contributed by atoms with van der Waals surface area (Å²) >= 11 is 8.95. The summed E-state index contributed by atoms with van der Waals surface area (Å²) in [5.74, 6) is -0.884. The lowest BCUT2D eigenvalue weighted by Gasteiger charge is -2.04. The number of aromatic nitrogens is 1. The van der Waals surface area contributed by atoms with Crippen molar-refractivity contribution in [3.63, 3.8) is 0 Å². The van der Waals surface area contributed by atoms with Crippen molar-refractivity contribution >= 4 is 39.3 Å². The molecule has 0 radical (unpaired) electrons. The van der Waals surface area contributed by atoms with E-state index in [0.717, 1.165) is 4.47 Å². The van der Waals surface area contributed by atoms with Crippen molar-refractivity contribution in [2.75, 3.05) is 6.61 Å². The molecule has 0 amide bonds. The number of ketones is 1. The molecule has 0 unspecified atom stereocenters. The van der Waals surface area contributed by atoms with Gasteiger partial charge in [0.15, 0.2) is 12.4 Å². The summed E-state index contributed by atoms with van der Waals surface area (Å²) in [6.45, 7) is -0.319. The Hall–Kier alpha value is -1.72. The van der Waals surface area contributed by atoms with Crippen LogP contribution in [0.1, 0.15) is 20.7 Å². The van der Waals surface area contributed by atoms with E-state index in [4.69, 9.17) is 16.3 Å². The van der Waals surface area contributed by atoms with Crippen LogP contribution in [0, 0.1) is 0 Å². The monoisotopic (exact) mass is 353 g/mol. The Morgan fingerprint density at radius 3 is 2.50 bits per heavy atom. The van der Waals surface area contributed by atoms with Crippen LogP contribution in [0.5, 0.6) is 0 Å². The van der Waals surface area contributed by atoms with E-state index >= 15 is 0 Å². The van der Waals surface area contributed by atoms with Crippen molar-refractivity contribution in [2.45, 2.75) is 0 Å². The van der Waals surface area contributed by atoms with Gasteiger partial charge in [-0.15, -0.1) is 0 Å². The zero-order valence-corrected chi connectivity index (χ0v) is 12.5. The Labute approximate surface area is 128 Å². The molecule has 1 aromatic carbocycles. The van der Waals surface area contributed by atoms with Crippen molar-refractivity contribution in [1.29, 1.82) is 0 Å². The Kier molecular flexibility index (Phi) is 4.87. The fourth-order valence-electron chi connectivity index (χ4n) is 1.46. The molecule has 0 saturated heterocycles. The largest absolute Gasteiger partial charge is 0.454 e. The lowest BCUT2D eigenvalue weighted by molar-refractivity contribution is 0.0474. The zero-order valence-electron chi connectivity index (χ0n) is 10.2. The predicted octanol–water partition coefficient (Wildman–Crippen LogP) is 3.54. The number of benzene rings is 1. The normalized spacial score (nSPS) is 10.1. The molecule has 0 aliphatic heterocycles. The van der Waals surface area contributed by atoms with Gasteiger partial charge in [-0.2, -0.15) is 0 Å². The molecule has 0 spiro atoms. The third-order valence-corrected chi connectivity index (χ3v) is 3.20. The van der Waals surface area contributed by atoms with E-state index in [0.29, 0.717) is 5.56 Å². The lowest BCUT2D eigenvalue weighted by atomic mass is 10.1. The summed E-state index contributed by atoms with van der Waals surface area (Å²) in [5.41, 5.74) is 0.738. The Morgan fingerprint density at radius 2 is 1.85 bits per heavy atom. The SMILES string of the molecule is O=C(COC(=O)c1ccnc(Cl)c1)c1ccc(Br)cc1. The molecule has 0 N–H and O–H groups in total. The van der Waals surface area contributed by atoms with Gasteiger partial charge < -0.3 is 4.74 Å². The van der Waals surface area contributed by atoms with Crippen LogP contribution >= 0.6 is 27.5 Å². The molecule has 0 aliphatic carbocycles. The number of rotatable bonds is 4. The second kappa shape index (κ2) is 6.63. The number of esters is 1. The first-order valence-corrected chi connectivity index (χ1v) is 6.81. The van der Waals surface area contributed by atoms with Crippen LogP contribution in [0.2, 0.25) is 5.15 Å². The van der Waals surface area contributed by atoms with Gasteiger partial charge in [0, 0.05) is 16.2 Å². The van der Waals surface area contributed by atoms with Gasteiger partial charge >= 0.3 is 5.97 Å². The van der Waals surface area contributed by atoms with Crippen LogP contribution < -0.4 is 0 Å². The first-order valence-electron chi connectivity index (χ1n) is 5.64. The second-order valence-electron chi connectivity index (χ2n) is 3.87. The van der Waals surface area contributed by atoms with Crippen LogP contribution in [-0.2, 0) is 4.74 Å². The van der Waals surface area contributed by atoms with Gasteiger partial charge in [0.1, 0.15) is 5.15 Å². The summed E-state index contributed by atoms with van der Waals surface area (Å²) in [6.07, 6.45) is 1.40. The number of hydrogen-bond acceptors (Lipinski definition) is 4. The summed E-state index contributed by atoms with van der Waals surface area (Å²) in [5, 5.41) is 0.193. The third kappa shape index (κ3) is 3.88. The second-order valence-corrected chi connectivity index (χ2v) is 5.18. The van der Waals surface area contributed by atoms with Crippen molar-refractivity contribution in [1.82, 2.24) is 4.98 Å². The average Bonchev–Trinajstić information content (AvgIpc) is 2.45.